The number of benzene rings is 2. The van der Waals surface area contributed by atoms with Crippen molar-refractivity contribution in [1.29, 1.82) is 0 Å². The van der Waals surface area contributed by atoms with Crippen molar-refractivity contribution in [3.8, 4) is 0 Å². The van der Waals surface area contributed by atoms with E-state index in [-0.39, 0.29) is 17.6 Å². The number of amides is 1. The summed E-state index contributed by atoms with van der Waals surface area (Å²) in [5.41, 5.74) is 3.09. The monoisotopic (exact) mass is 383 g/mol. The number of ether oxygens (including phenoxy) is 1. The van der Waals surface area contributed by atoms with Gasteiger partial charge in [-0.15, -0.1) is 0 Å². The topological polar surface area (TPSA) is 84.7 Å². The van der Waals surface area contributed by atoms with Gasteiger partial charge in [-0.05, 0) is 25.0 Å². The molecule has 1 fully saturated rings. The van der Waals surface area contributed by atoms with Crippen LogP contribution in [0.25, 0.3) is 0 Å². The van der Waals surface area contributed by atoms with Gasteiger partial charge in [-0.3, -0.25) is 14.9 Å². The minimum Gasteiger partial charge on any atom is -0.378 e. The summed E-state index contributed by atoms with van der Waals surface area (Å²) < 4.78 is 5.38. The summed E-state index contributed by atoms with van der Waals surface area (Å²) in [6.07, 6.45) is 0.719. The Morgan fingerprint density at radius 3 is 2.50 bits per heavy atom. The number of non-ortho nitro benzene ring substituents is 1. The summed E-state index contributed by atoms with van der Waals surface area (Å²) in [5.74, 6) is -0.308. The van der Waals surface area contributed by atoms with Crippen molar-refractivity contribution in [2.75, 3.05) is 31.2 Å². The number of nitrogens with zero attached hydrogens (tertiary/aromatic N) is 2. The van der Waals surface area contributed by atoms with Crippen LogP contribution in [-0.4, -0.2) is 37.1 Å². The van der Waals surface area contributed by atoms with Gasteiger partial charge in [-0.25, -0.2) is 0 Å². The molecule has 7 nitrogen and oxygen atoms in total. The molecule has 0 aromatic heterocycles. The van der Waals surface area contributed by atoms with E-state index in [1.165, 1.54) is 12.1 Å². The molecule has 1 unspecified atom stereocenters. The van der Waals surface area contributed by atoms with E-state index in [0.717, 1.165) is 17.5 Å². The van der Waals surface area contributed by atoms with Crippen LogP contribution in [-0.2, 0) is 4.74 Å². The number of nitro benzene ring substituents is 1. The lowest BCUT2D eigenvalue weighted by Crippen LogP contribution is -2.38. The lowest BCUT2D eigenvalue weighted by atomic mass is 10.0. The van der Waals surface area contributed by atoms with Crippen molar-refractivity contribution in [2.24, 2.45) is 0 Å². The number of nitro groups is 1. The van der Waals surface area contributed by atoms with Crippen LogP contribution in [0.2, 0.25) is 0 Å². The summed E-state index contributed by atoms with van der Waals surface area (Å²) >= 11 is 0. The molecule has 1 atom stereocenters. The van der Waals surface area contributed by atoms with Crippen molar-refractivity contribution >= 4 is 17.3 Å². The van der Waals surface area contributed by atoms with Gasteiger partial charge in [0.1, 0.15) is 0 Å². The number of aryl methyl sites for hydroxylation is 1. The van der Waals surface area contributed by atoms with Crippen LogP contribution >= 0.6 is 0 Å². The second kappa shape index (κ2) is 8.84. The molecule has 3 rings (SSSR count). The van der Waals surface area contributed by atoms with E-state index in [9.17, 15) is 14.9 Å². The van der Waals surface area contributed by atoms with Crippen LogP contribution in [0, 0.1) is 17.0 Å². The van der Waals surface area contributed by atoms with Crippen molar-refractivity contribution in [3.05, 3.63) is 69.3 Å². The SMILES string of the molecule is CCC(NC(=O)c1cc([N+](=O)[O-])ccc1N1CCOCC1)c1ccc(C)cc1. The van der Waals surface area contributed by atoms with E-state index in [4.69, 9.17) is 4.74 Å². The molecule has 0 spiro atoms. The van der Waals surface area contributed by atoms with Gasteiger partial charge in [0.15, 0.2) is 0 Å². The summed E-state index contributed by atoms with van der Waals surface area (Å²) in [6, 6.07) is 12.3. The summed E-state index contributed by atoms with van der Waals surface area (Å²) in [7, 11) is 0. The molecule has 148 valence electrons. The van der Waals surface area contributed by atoms with E-state index >= 15 is 0 Å². The highest BCUT2D eigenvalue weighted by Gasteiger charge is 2.23. The second-order valence-corrected chi connectivity index (χ2v) is 6.90. The molecule has 0 radical (unpaired) electrons. The molecule has 0 aliphatic carbocycles. The average molecular weight is 383 g/mol. The van der Waals surface area contributed by atoms with Crippen LogP contribution in [0.4, 0.5) is 11.4 Å². The zero-order valence-electron chi connectivity index (χ0n) is 16.2. The maximum Gasteiger partial charge on any atom is 0.270 e. The molecular formula is C21H25N3O4. The predicted octanol–water partition coefficient (Wildman–Crippen LogP) is 3.62. The number of hydrogen-bond acceptors (Lipinski definition) is 5. The van der Waals surface area contributed by atoms with Gasteiger partial charge in [0.25, 0.3) is 11.6 Å². The number of carbonyl (C=O) groups excluding carboxylic acids is 1. The third-order valence-electron chi connectivity index (χ3n) is 4.98. The van der Waals surface area contributed by atoms with Crippen LogP contribution in [0.15, 0.2) is 42.5 Å². The van der Waals surface area contributed by atoms with Crippen LogP contribution in [0.3, 0.4) is 0 Å². The average Bonchev–Trinajstić information content (AvgIpc) is 2.72. The molecule has 1 amide bonds. The zero-order chi connectivity index (χ0) is 20.1. The van der Waals surface area contributed by atoms with Gasteiger partial charge in [0.05, 0.1) is 35.4 Å². The highest BCUT2D eigenvalue weighted by molar-refractivity contribution is 6.00. The minimum absolute atomic E-state index is 0.0921. The second-order valence-electron chi connectivity index (χ2n) is 6.90. The third-order valence-corrected chi connectivity index (χ3v) is 4.98. The van der Waals surface area contributed by atoms with Gasteiger partial charge in [0.2, 0.25) is 0 Å². The Balaban J connectivity index is 1.90. The molecule has 1 heterocycles. The number of hydrogen-bond donors (Lipinski definition) is 1. The van der Waals surface area contributed by atoms with Crippen LogP contribution in [0.5, 0.6) is 0 Å². The Labute approximate surface area is 164 Å². The Kier molecular flexibility index (Phi) is 6.26. The summed E-state index contributed by atoms with van der Waals surface area (Å²) in [5, 5.41) is 14.3. The molecule has 1 aliphatic rings. The van der Waals surface area contributed by atoms with Crippen molar-refractivity contribution in [1.82, 2.24) is 5.32 Å². The Morgan fingerprint density at radius 1 is 1.21 bits per heavy atom. The Morgan fingerprint density at radius 2 is 1.89 bits per heavy atom. The van der Waals surface area contributed by atoms with Crippen molar-refractivity contribution in [3.63, 3.8) is 0 Å². The van der Waals surface area contributed by atoms with E-state index in [2.05, 4.69) is 5.32 Å². The fraction of sp³-hybridized carbons (Fsp3) is 0.381. The van der Waals surface area contributed by atoms with Gasteiger partial charge < -0.3 is 15.0 Å². The molecule has 2 aromatic rings. The first-order chi connectivity index (χ1) is 13.5. The lowest BCUT2D eigenvalue weighted by Gasteiger charge is -2.30. The van der Waals surface area contributed by atoms with Gasteiger partial charge >= 0.3 is 0 Å². The van der Waals surface area contributed by atoms with Crippen molar-refractivity contribution in [2.45, 2.75) is 26.3 Å². The first kappa shape index (κ1) is 19.8. The Bertz CT molecular complexity index is 845. The first-order valence-electron chi connectivity index (χ1n) is 9.48. The highest BCUT2D eigenvalue weighted by Crippen LogP contribution is 2.27. The molecule has 28 heavy (non-hydrogen) atoms. The molecular weight excluding hydrogens is 358 g/mol. The third kappa shape index (κ3) is 4.48. The quantitative estimate of drug-likeness (QED) is 0.608. The van der Waals surface area contributed by atoms with Crippen molar-refractivity contribution < 1.29 is 14.5 Å². The highest BCUT2D eigenvalue weighted by atomic mass is 16.6. The minimum atomic E-state index is -0.475. The standard InChI is InChI=1S/C21H25N3O4/c1-3-19(16-6-4-15(2)5-7-16)22-21(25)18-14-17(24(26)27)8-9-20(18)23-10-12-28-13-11-23/h4-9,14,19H,3,10-13H2,1-2H3,(H,22,25). The van der Waals surface area contributed by atoms with Gasteiger partial charge in [0, 0.05) is 25.2 Å². The van der Waals surface area contributed by atoms with Gasteiger partial charge in [-0.2, -0.15) is 0 Å². The first-order valence-corrected chi connectivity index (χ1v) is 9.48. The fourth-order valence-corrected chi connectivity index (χ4v) is 3.36. The van der Waals surface area contributed by atoms with E-state index in [1.54, 1.807) is 6.07 Å². The molecule has 0 bridgehead atoms. The van der Waals surface area contributed by atoms with Crippen LogP contribution < -0.4 is 10.2 Å². The fourth-order valence-electron chi connectivity index (χ4n) is 3.36. The predicted molar refractivity (Wildman–Crippen MR) is 108 cm³/mol. The molecule has 2 aromatic carbocycles. The lowest BCUT2D eigenvalue weighted by molar-refractivity contribution is -0.384. The summed E-state index contributed by atoms with van der Waals surface area (Å²) in [6.45, 7) is 6.45. The number of rotatable bonds is 6. The molecule has 1 N–H and O–H groups in total. The maximum absolute atomic E-state index is 13.1. The Hall–Kier alpha value is -2.93. The van der Waals surface area contributed by atoms with E-state index in [0.29, 0.717) is 37.6 Å². The normalized spacial score (nSPS) is 15.1. The van der Waals surface area contributed by atoms with E-state index in [1.807, 2.05) is 43.0 Å². The smallest absolute Gasteiger partial charge is 0.270 e. The number of nitrogens with one attached hydrogen (secondary N) is 1. The maximum atomic E-state index is 13.1. The summed E-state index contributed by atoms with van der Waals surface area (Å²) in [4.78, 5) is 25.9. The van der Waals surface area contributed by atoms with Gasteiger partial charge in [-0.1, -0.05) is 36.8 Å². The number of anilines is 1. The van der Waals surface area contributed by atoms with Crippen LogP contribution in [0.1, 0.15) is 40.9 Å². The molecule has 1 aliphatic heterocycles. The zero-order valence-corrected chi connectivity index (χ0v) is 16.2. The number of morpholine rings is 1. The van der Waals surface area contributed by atoms with E-state index < -0.39 is 4.92 Å². The molecule has 0 saturated carbocycles. The molecule has 7 heteroatoms. The largest absolute Gasteiger partial charge is 0.378 e. The number of carbonyl (C=O) groups is 1. The molecule has 1 saturated heterocycles.